The lowest BCUT2D eigenvalue weighted by Gasteiger charge is -2.12. The van der Waals surface area contributed by atoms with Crippen LogP contribution in [0.4, 0.5) is 0 Å². The molecule has 0 fully saturated rings. The van der Waals surface area contributed by atoms with Gasteiger partial charge in [-0.3, -0.25) is 0 Å². The van der Waals surface area contributed by atoms with Gasteiger partial charge in [-0.25, -0.2) is 0 Å². The maximum absolute atomic E-state index is 9.13. The van der Waals surface area contributed by atoms with Crippen LogP contribution in [0.5, 0.6) is 0 Å². The second kappa shape index (κ2) is 14.6. The molecule has 0 saturated heterocycles. The van der Waals surface area contributed by atoms with Crippen LogP contribution in [-0.4, -0.2) is 27.7 Å². The molecule has 3 nitrogen and oxygen atoms in total. The Hall–Kier alpha value is -0.380. The molecule has 0 spiro atoms. The largest absolute Gasteiger partial charge is 0.390 e. The third kappa shape index (κ3) is 15.8. The minimum atomic E-state index is -2.04. The number of aliphatic hydroxyl groups excluding tert-OH is 1. The number of hydrogen-bond acceptors (Lipinski definition) is 3. The maximum atomic E-state index is 9.13. The van der Waals surface area contributed by atoms with E-state index in [9.17, 15) is 0 Å². The van der Waals surface area contributed by atoms with E-state index < -0.39 is 12.4 Å². The summed E-state index contributed by atoms with van der Waals surface area (Å²) in [4.78, 5) is 0. The van der Waals surface area contributed by atoms with Crippen LogP contribution in [0.1, 0.15) is 90.4 Å². The molecular weight excluding hydrogens is 264 g/mol. The Kier molecular flexibility index (Phi) is 14.3. The third-order valence-electron chi connectivity index (χ3n) is 3.84. The molecular formula is C18H36O3. The van der Waals surface area contributed by atoms with E-state index >= 15 is 0 Å². The van der Waals surface area contributed by atoms with Crippen molar-refractivity contribution in [3.8, 4) is 0 Å². The molecule has 0 aliphatic heterocycles. The van der Waals surface area contributed by atoms with E-state index in [0.717, 1.165) is 12.8 Å². The van der Waals surface area contributed by atoms with Crippen molar-refractivity contribution in [3.05, 3.63) is 12.2 Å². The molecule has 0 heterocycles. The van der Waals surface area contributed by atoms with Crippen LogP contribution in [-0.2, 0) is 0 Å². The topological polar surface area (TPSA) is 60.7 Å². The van der Waals surface area contributed by atoms with E-state index in [2.05, 4.69) is 6.92 Å². The molecule has 0 unspecified atom stereocenters. The van der Waals surface area contributed by atoms with Gasteiger partial charge in [-0.1, -0.05) is 83.6 Å². The average Bonchev–Trinajstić information content (AvgIpc) is 2.47. The van der Waals surface area contributed by atoms with Crippen molar-refractivity contribution >= 4 is 0 Å². The molecule has 0 aliphatic carbocycles. The predicted octanol–water partition coefficient (Wildman–Crippen LogP) is 4.31. The van der Waals surface area contributed by atoms with Crippen molar-refractivity contribution in [2.45, 2.75) is 96.2 Å². The van der Waals surface area contributed by atoms with Crippen LogP contribution in [0.25, 0.3) is 0 Å². The Morgan fingerprint density at radius 3 is 1.57 bits per heavy atom. The number of aliphatic hydroxyl groups is 3. The van der Waals surface area contributed by atoms with Crippen molar-refractivity contribution < 1.29 is 15.3 Å². The van der Waals surface area contributed by atoms with Gasteiger partial charge >= 0.3 is 0 Å². The summed E-state index contributed by atoms with van der Waals surface area (Å²) in [5.41, 5.74) is 0. The molecule has 0 amide bonds. The number of allylic oxidation sites excluding steroid dienone is 1. The zero-order valence-corrected chi connectivity index (χ0v) is 13.9. The monoisotopic (exact) mass is 300 g/mol. The third-order valence-corrected chi connectivity index (χ3v) is 3.84. The lowest BCUT2D eigenvalue weighted by atomic mass is 10.0. The standard InChI is InChI=1S/C18H36O3/c1-2-3-4-5-6-7-8-9-10-11-12-13-14-15-16-18(20,21)17-19/h15-16,19-21H,2-14,17H2,1H3. The van der Waals surface area contributed by atoms with Gasteiger partial charge in [-0.05, 0) is 18.9 Å². The first-order valence-electron chi connectivity index (χ1n) is 8.85. The summed E-state index contributed by atoms with van der Waals surface area (Å²) in [6.07, 6.45) is 19.8. The van der Waals surface area contributed by atoms with Crippen molar-refractivity contribution in [2.75, 3.05) is 6.61 Å². The molecule has 0 rings (SSSR count). The van der Waals surface area contributed by atoms with Gasteiger partial charge in [0.2, 0.25) is 5.79 Å². The SMILES string of the molecule is CCCCCCCCCCCCCCC=CC(O)(O)CO. The fraction of sp³-hybridized carbons (Fsp3) is 0.889. The molecule has 0 saturated carbocycles. The minimum Gasteiger partial charge on any atom is -0.390 e. The summed E-state index contributed by atoms with van der Waals surface area (Å²) in [6, 6.07) is 0. The summed E-state index contributed by atoms with van der Waals surface area (Å²) in [7, 11) is 0. The van der Waals surface area contributed by atoms with Gasteiger partial charge in [0.05, 0.1) is 0 Å². The van der Waals surface area contributed by atoms with Crippen LogP contribution in [0.2, 0.25) is 0 Å². The van der Waals surface area contributed by atoms with Gasteiger partial charge in [0.25, 0.3) is 0 Å². The van der Waals surface area contributed by atoms with Crippen molar-refractivity contribution in [2.24, 2.45) is 0 Å². The molecule has 0 radical (unpaired) electrons. The van der Waals surface area contributed by atoms with Gasteiger partial charge in [0.1, 0.15) is 6.61 Å². The number of rotatable bonds is 15. The maximum Gasteiger partial charge on any atom is 0.206 e. The van der Waals surface area contributed by atoms with Crippen LogP contribution in [0.3, 0.4) is 0 Å². The van der Waals surface area contributed by atoms with Crippen LogP contribution >= 0.6 is 0 Å². The Bertz CT molecular complexity index is 237. The number of hydrogen-bond donors (Lipinski definition) is 3. The van der Waals surface area contributed by atoms with Gasteiger partial charge in [0.15, 0.2) is 0 Å². The Labute approximate surface area is 131 Å². The van der Waals surface area contributed by atoms with Gasteiger partial charge in [-0.15, -0.1) is 0 Å². The molecule has 0 aromatic rings. The highest BCUT2D eigenvalue weighted by Gasteiger charge is 2.15. The smallest absolute Gasteiger partial charge is 0.206 e. The van der Waals surface area contributed by atoms with Crippen LogP contribution in [0, 0.1) is 0 Å². The molecule has 0 atom stereocenters. The highest BCUT2D eigenvalue weighted by molar-refractivity contribution is 4.93. The van der Waals surface area contributed by atoms with E-state index in [1.165, 1.54) is 76.7 Å². The predicted molar refractivity (Wildman–Crippen MR) is 89.1 cm³/mol. The highest BCUT2D eigenvalue weighted by atomic mass is 16.5. The second-order valence-corrected chi connectivity index (χ2v) is 6.12. The Morgan fingerprint density at radius 1 is 0.714 bits per heavy atom. The lowest BCUT2D eigenvalue weighted by molar-refractivity contribution is -0.146. The lowest BCUT2D eigenvalue weighted by Crippen LogP contribution is -2.29. The molecule has 126 valence electrons. The van der Waals surface area contributed by atoms with Gasteiger partial charge in [-0.2, -0.15) is 0 Å². The first-order valence-corrected chi connectivity index (χ1v) is 8.85. The molecule has 0 bridgehead atoms. The molecule has 3 N–H and O–H groups in total. The summed E-state index contributed by atoms with van der Waals surface area (Å²) in [6.45, 7) is 1.61. The van der Waals surface area contributed by atoms with E-state index in [1.807, 2.05) is 0 Å². The summed E-state index contributed by atoms with van der Waals surface area (Å²) < 4.78 is 0. The molecule has 0 aromatic carbocycles. The van der Waals surface area contributed by atoms with Crippen LogP contribution < -0.4 is 0 Å². The zero-order valence-electron chi connectivity index (χ0n) is 13.9. The normalized spacial score (nSPS) is 12.4. The van der Waals surface area contributed by atoms with Crippen molar-refractivity contribution in [1.29, 1.82) is 0 Å². The van der Waals surface area contributed by atoms with E-state index in [1.54, 1.807) is 6.08 Å². The van der Waals surface area contributed by atoms with Crippen molar-refractivity contribution in [3.63, 3.8) is 0 Å². The van der Waals surface area contributed by atoms with E-state index in [-0.39, 0.29) is 0 Å². The fourth-order valence-corrected chi connectivity index (χ4v) is 2.43. The summed E-state index contributed by atoms with van der Waals surface area (Å²) in [5.74, 6) is -2.04. The zero-order chi connectivity index (χ0) is 15.8. The Balaban J connectivity index is 3.16. The Morgan fingerprint density at radius 2 is 1.14 bits per heavy atom. The van der Waals surface area contributed by atoms with Gasteiger partial charge < -0.3 is 15.3 Å². The quantitative estimate of drug-likeness (QED) is 0.240. The van der Waals surface area contributed by atoms with Crippen molar-refractivity contribution in [1.82, 2.24) is 0 Å². The number of unbranched alkanes of at least 4 members (excludes halogenated alkanes) is 12. The summed E-state index contributed by atoms with van der Waals surface area (Å²) in [5, 5.41) is 26.9. The fourth-order valence-electron chi connectivity index (χ4n) is 2.43. The first kappa shape index (κ1) is 20.6. The van der Waals surface area contributed by atoms with Crippen LogP contribution in [0.15, 0.2) is 12.2 Å². The van der Waals surface area contributed by atoms with E-state index in [0.29, 0.717) is 0 Å². The minimum absolute atomic E-state index is 0.651. The molecule has 3 heteroatoms. The summed E-state index contributed by atoms with van der Waals surface area (Å²) >= 11 is 0. The molecule has 21 heavy (non-hydrogen) atoms. The molecule has 0 aromatic heterocycles. The molecule has 0 aliphatic rings. The first-order chi connectivity index (χ1) is 10.1. The van der Waals surface area contributed by atoms with Gasteiger partial charge in [0, 0.05) is 0 Å². The average molecular weight is 300 g/mol. The van der Waals surface area contributed by atoms with E-state index in [4.69, 9.17) is 15.3 Å². The second-order valence-electron chi connectivity index (χ2n) is 6.12. The highest BCUT2D eigenvalue weighted by Crippen LogP contribution is 2.12.